The maximum absolute atomic E-state index is 9.93. The molecule has 2 N–H and O–H groups in total. The molecule has 0 amide bonds. The zero-order valence-corrected chi connectivity index (χ0v) is 13.9. The smallest absolute Gasteiger partial charge is 0.122 e. The predicted molar refractivity (Wildman–Crippen MR) is 86.0 cm³/mol. The Hall–Kier alpha value is -1.10. The van der Waals surface area contributed by atoms with Gasteiger partial charge in [0, 0.05) is 13.1 Å². The highest BCUT2D eigenvalue weighted by Crippen LogP contribution is 2.27. The fourth-order valence-corrected chi connectivity index (χ4v) is 2.14. The number of hydrogen-bond acceptors (Lipinski definition) is 4. The first-order valence-corrected chi connectivity index (χ1v) is 7.45. The molecule has 0 heterocycles. The summed E-state index contributed by atoms with van der Waals surface area (Å²) in [5.41, 5.74) is 2.48. The fraction of sp³-hybridized carbons (Fsp3) is 0.647. The molecule has 0 radical (unpaired) electrons. The van der Waals surface area contributed by atoms with Gasteiger partial charge in [0.05, 0.1) is 6.61 Å². The van der Waals surface area contributed by atoms with Gasteiger partial charge in [-0.2, -0.15) is 0 Å². The van der Waals surface area contributed by atoms with E-state index in [0.29, 0.717) is 13.1 Å². The van der Waals surface area contributed by atoms with Gasteiger partial charge in [-0.25, -0.2) is 0 Å². The maximum Gasteiger partial charge on any atom is 0.122 e. The fourth-order valence-electron chi connectivity index (χ4n) is 2.14. The Labute approximate surface area is 128 Å². The van der Waals surface area contributed by atoms with Crippen LogP contribution < -0.4 is 4.74 Å². The monoisotopic (exact) mass is 295 g/mol. The molecule has 0 aromatic heterocycles. The Morgan fingerprint density at radius 2 is 1.95 bits per heavy atom. The quantitative estimate of drug-likeness (QED) is 0.807. The van der Waals surface area contributed by atoms with Crippen molar-refractivity contribution in [3.05, 3.63) is 29.3 Å². The van der Waals surface area contributed by atoms with E-state index in [2.05, 4.69) is 32.9 Å². The Bertz CT molecular complexity index is 440. The molecule has 0 saturated carbocycles. The molecule has 1 rings (SSSR count). The minimum atomic E-state index is -0.566. The molecule has 120 valence electrons. The first kappa shape index (κ1) is 18.0. The molecule has 0 aliphatic rings. The molecule has 0 saturated heterocycles. The highest BCUT2D eigenvalue weighted by Gasteiger charge is 2.15. The summed E-state index contributed by atoms with van der Waals surface area (Å²) >= 11 is 0. The Morgan fingerprint density at radius 3 is 2.48 bits per heavy atom. The minimum absolute atomic E-state index is 0.0947. The molecule has 0 spiro atoms. The van der Waals surface area contributed by atoms with Crippen LogP contribution in [0, 0.1) is 6.92 Å². The van der Waals surface area contributed by atoms with Crippen molar-refractivity contribution in [3.63, 3.8) is 0 Å². The van der Waals surface area contributed by atoms with Crippen molar-refractivity contribution in [2.24, 2.45) is 0 Å². The largest absolute Gasteiger partial charge is 0.491 e. The second kappa shape index (κ2) is 7.78. The van der Waals surface area contributed by atoms with E-state index < -0.39 is 6.10 Å². The van der Waals surface area contributed by atoms with Gasteiger partial charge in [-0.05, 0) is 36.6 Å². The van der Waals surface area contributed by atoms with Gasteiger partial charge in [0.2, 0.25) is 0 Å². The van der Waals surface area contributed by atoms with Crippen molar-refractivity contribution in [3.8, 4) is 5.75 Å². The van der Waals surface area contributed by atoms with Crippen LogP contribution in [0.2, 0.25) is 0 Å². The molecular weight excluding hydrogens is 266 g/mol. The zero-order valence-electron chi connectivity index (χ0n) is 13.9. The SMILES string of the molecule is Cc1cc(C(C)(C)C)ccc1OCC(O)CN(C)CCO. The lowest BCUT2D eigenvalue weighted by Crippen LogP contribution is -2.34. The third kappa shape index (κ3) is 6.04. The van der Waals surface area contributed by atoms with Crippen LogP contribution in [0.15, 0.2) is 18.2 Å². The second-order valence-electron chi connectivity index (χ2n) is 6.68. The van der Waals surface area contributed by atoms with E-state index in [4.69, 9.17) is 9.84 Å². The molecule has 0 fully saturated rings. The first-order chi connectivity index (χ1) is 9.74. The summed E-state index contributed by atoms with van der Waals surface area (Å²) in [5, 5.41) is 18.8. The van der Waals surface area contributed by atoms with E-state index in [1.165, 1.54) is 5.56 Å². The number of aliphatic hydroxyl groups is 2. The molecule has 0 bridgehead atoms. The Kier molecular flexibility index (Phi) is 6.65. The molecule has 4 nitrogen and oxygen atoms in total. The Morgan fingerprint density at radius 1 is 1.29 bits per heavy atom. The number of likely N-dealkylation sites (N-methyl/N-ethyl adjacent to an activating group) is 1. The lowest BCUT2D eigenvalue weighted by molar-refractivity contribution is 0.0708. The van der Waals surface area contributed by atoms with Crippen LogP contribution in [0.4, 0.5) is 0 Å². The molecule has 1 aromatic carbocycles. The van der Waals surface area contributed by atoms with Gasteiger partial charge in [0.15, 0.2) is 0 Å². The molecule has 21 heavy (non-hydrogen) atoms. The van der Waals surface area contributed by atoms with Gasteiger partial charge in [0.1, 0.15) is 18.5 Å². The third-order valence-corrected chi connectivity index (χ3v) is 3.48. The summed E-state index contributed by atoms with van der Waals surface area (Å²) in [7, 11) is 1.86. The van der Waals surface area contributed by atoms with Gasteiger partial charge in [0.25, 0.3) is 0 Å². The normalized spacial score (nSPS) is 13.5. The standard InChI is InChI=1S/C17H29NO3/c1-13-10-14(17(2,3)4)6-7-16(13)21-12-15(20)11-18(5)8-9-19/h6-7,10,15,19-20H,8-9,11-12H2,1-5H3. The van der Waals surface area contributed by atoms with Crippen LogP contribution >= 0.6 is 0 Å². The van der Waals surface area contributed by atoms with Crippen LogP contribution in [0.3, 0.4) is 0 Å². The van der Waals surface area contributed by atoms with Crippen molar-refractivity contribution in [1.82, 2.24) is 4.90 Å². The number of nitrogens with zero attached hydrogens (tertiary/aromatic N) is 1. The summed E-state index contributed by atoms with van der Waals surface area (Å²) < 4.78 is 5.71. The summed E-state index contributed by atoms with van der Waals surface area (Å²) in [4.78, 5) is 1.88. The maximum atomic E-state index is 9.93. The van der Waals surface area contributed by atoms with Crippen LogP contribution in [-0.4, -0.2) is 54.6 Å². The van der Waals surface area contributed by atoms with E-state index in [-0.39, 0.29) is 18.6 Å². The summed E-state index contributed by atoms with van der Waals surface area (Å²) in [6.45, 7) is 9.96. The van der Waals surface area contributed by atoms with Crippen molar-refractivity contribution in [2.75, 3.05) is 33.4 Å². The molecule has 1 atom stereocenters. The van der Waals surface area contributed by atoms with Crippen LogP contribution in [0.5, 0.6) is 5.75 Å². The van der Waals surface area contributed by atoms with E-state index >= 15 is 0 Å². The number of benzene rings is 1. The molecule has 0 aliphatic heterocycles. The number of rotatable bonds is 7. The van der Waals surface area contributed by atoms with Crippen molar-refractivity contribution in [2.45, 2.75) is 39.2 Å². The van der Waals surface area contributed by atoms with Crippen molar-refractivity contribution < 1.29 is 14.9 Å². The zero-order chi connectivity index (χ0) is 16.0. The lowest BCUT2D eigenvalue weighted by atomic mass is 9.86. The third-order valence-electron chi connectivity index (χ3n) is 3.48. The van der Waals surface area contributed by atoms with Gasteiger partial charge in [-0.3, -0.25) is 0 Å². The summed E-state index contributed by atoms with van der Waals surface area (Å²) in [6, 6.07) is 6.19. The van der Waals surface area contributed by atoms with Gasteiger partial charge >= 0.3 is 0 Å². The van der Waals surface area contributed by atoms with Crippen LogP contribution in [-0.2, 0) is 5.41 Å². The first-order valence-electron chi connectivity index (χ1n) is 7.45. The number of ether oxygens (including phenoxy) is 1. The number of aliphatic hydroxyl groups excluding tert-OH is 2. The molecule has 4 heteroatoms. The highest BCUT2D eigenvalue weighted by molar-refractivity contribution is 5.38. The number of hydrogen-bond donors (Lipinski definition) is 2. The predicted octanol–water partition coefficient (Wildman–Crippen LogP) is 1.96. The van der Waals surface area contributed by atoms with E-state index in [1.54, 1.807) is 0 Å². The topological polar surface area (TPSA) is 52.9 Å². The molecule has 1 unspecified atom stereocenters. The second-order valence-corrected chi connectivity index (χ2v) is 6.68. The molecule has 1 aromatic rings. The van der Waals surface area contributed by atoms with Crippen molar-refractivity contribution in [1.29, 1.82) is 0 Å². The van der Waals surface area contributed by atoms with Crippen molar-refractivity contribution >= 4 is 0 Å². The molecular formula is C17H29NO3. The summed E-state index contributed by atoms with van der Waals surface area (Å²) in [6.07, 6.45) is -0.566. The van der Waals surface area contributed by atoms with Crippen LogP contribution in [0.25, 0.3) is 0 Å². The van der Waals surface area contributed by atoms with E-state index in [9.17, 15) is 5.11 Å². The number of aryl methyl sites for hydroxylation is 1. The average Bonchev–Trinajstić information content (AvgIpc) is 2.36. The molecule has 0 aliphatic carbocycles. The minimum Gasteiger partial charge on any atom is -0.491 e. The summed E-state index contributed by atoms with van der Waals surface area (Å²) in [5.74, 6) is 0.812. The van der Waals surface area contributed by atoms with Gasteiger partial charge in [-0.15, -0.1) is 0 Å². The van der Waals surface area contributed by atoms with E-state index in [0.717, 1.165) is 11.3 Å². The van der Waals surface area contributed by atoms with Crippen LogP contribution in [0.1, 0.15) is 31.9 Å². The lowest BCUT2D eigenvalue weighted by Gasteiger charge is -2.22. The average molecular weight is 295 g/mol. The highest BCUT2D eigenvalue weighted by atomic mass is 16.5. The Balaban J connectivity index is 2.56. The van der Waals surface area contributed by atoms with E-state index in [1.807, 2.05) is 24.9 Å². The van der Waals surface area contributed by atoms with Gasteiger partial charge < -0.3 is 19.8 Å². The van der Waals surface area contributed by atoms with Gasteiger partial charge in [-0.1, -0.05) is 32.9 Å².